The van der Waals surface area contributed by atoms with Crippen LogP contribution in [-0.2, 0) is 31.4 Å². The average Bonchev–Trinajstić information content (AvgIpc) is 2.89. The maximum atomic E-state index is 13.7. The lowest BCUT2D eigenvalue weighted by Gasteiger charge is -2.23. The van der Waals surface area contributed by atoms with Crippen molar-refractivity contribution in [1.82, 2.24) is 0 Å². The summed E-state index contributed by atoms with van der Waals surface area (Å²) < 4.78 is 122. The lowest BCUT2D eigenvalue weighted by molar-refractivity contribution is -0.105. The summed E-state index contributed by atoms with van der Waals surface area (Å²) in [5.74, 6) is -0.000678. The third-order valence-corrected chi connectivity index (χ3v) is 7.99. The molecule has 3 aromatic carbocycles. The monoisotopic (exact) mass is 606 g/mol. The summed E-state index contributed by atoms with van der Waals surface area (Å²) in [5, 5.41) is -10.4. The van der Waals surface area contributed by atoms with E-state index in [2.05, 4.69) is 10.8 Å². The molecule has 0 radical (unpaired) electrons. The molecule has 0 aliphatic heterocycles. The van der Waals surface area contributed by atoms with Crippen LogP contribution in [0.15, 0.2) is 67.2 Å². The molecule has 0 aliphatic carbocycles. The normalized spacial score (nSPS) is 12.8. The molecule has 3 aromatic rings. The molecule has 0 unspecified atom stereocenters. The van der Waals surface area contributed by atoms with Crippen molar-refractivity contribution in [3.63, 3.8) is 0 Å². The van der Waals surface area contributed by atoms with Crippen LogP contribution in [0.25, 0.3) is 16.8 Å². The zero-order valence-corrected chi connectivity index (χ0v) is 22.6. The Balaban J connectivity index is 1.37. The van der Waals surface area contributed by atoms with E-state index in [0.717, 1.165) is 47.1 Å². The van der Waals surface area contributed by atoms with Crippen LogP contribution in [0.3, 0.4) is 0 Å². The first kappa shape index (κ1) is 31.3. The van der Waals surface area contributed by atoms with Crippen LogP contribution in [0.4, 0.5) is 17.6 Å². The fourth-order valence-corrected chi connectivity index (χ4v) is 5.12. The summed E-state index contributed by atoms with van der Waals surface area (Å²) in [6.07, 6.45) is 3.62. The molecule has 0 saturated carbocycles. The molecule has 0 fully saturated rings. The molecule has 0 aliphatic rings. The van der Waals surface area contributed by atoms with Crippen molar-refractivity contribution in [1.29, 1.82) is 0 Å². The highest BCUT2D eigenvalue weighted by atomic mass is 32.2. The maximum Gasteiger partial charge on any atom is 0.460 e. The van der Waals surface area contributed by atoms with E-state index in [-0.39, 0.29) is 6.61 Å². The third kappa shape index (κ3) is 7.30. The molecule has 8 nitrogen and oxygen atoms in total. The Bertz CT molecular complexity index is 1540. The lowest BCUT2D eigenvalue weighted by atomic mass is 10.1. The Hall–Kier alpha value is -3.20. The van der Waals surface area contributed by atoms with Gasteiger partial charge in [0.2, 0.25) is 0 Å². The highest BCUT2D eigenvalue weighted by molar-refractivity contribution is 7.91. The van der Waals surface area contributed by atoms with Gasteiger partial charge in [-0.2, -0.15) is 34.4 Å². The number of hydrogen-bond donors (Lipinski definition) is 1. The third-order valence-electron chi connectivity index (χ3n) is 5.66. The van der Waals surface area contributed by atoms with Gasteiger partial charge in [-0.05, 0) is 71.5 Å². The van der Waals surface area contributed by atoms with Crippen molar-refractivity contribution >= 4 is 37.1 Å². The highest BCUT2D eigenvalue weighted by Gasteiger charge is 2.74. The Kier molecular flexibility index (Phi) is 9.82. The van der Waals surface area contributed by atoms with Gasteiger partial charge in [0, 0.05) is 6.61 Å². The zero-order valence-electron chi connectivity index (χ0n) is 20.9. The number of benzene rings is 3. The largest absolute Gasteiger partial charge is 0.494 e. The van der Waals surface area contributed by atoms with Gasteiger partial charge in [0.25, 0.3) is 0 Å². The molecular formula is C26H26F4O8S2. The Morgan fingerprint density at radius 3 is 2.02 bits per heavy atom. The summed E-state index contributed by atoms with van der Waals surface area (Å²) in [7, 11) is -13.2. The van der Waals surface area contributed by atoms with Crippen LogP contribution < -0.4 is 8.92 Å². The second kappa shape index (κ2) is 12.5. The number of alkyl halides is 4. The van der Waals surface area contributed by atoms with Crippen molar-refractivity contribution in [3.05, 3.63) is 78.4 Å². The number of rotatable bonds is 15. The molecule has 0 spiro atoms. The van der Waals surface area contributed by atoms with Crippen LogP contribution in [0.5, 0.6) is 11.5 Å². The molecule has 0 saturated heterocycles. The van der Waals surface area contributed by atoms with Gasteiger partial charge in [-0.1, -0.05) is 43.0 Å². The van der Waals surface area contributed by atoms with Gasteiger partial charge >= 0.3 is 30.7 Å². The van der Waals surface area contributed by atoms with Gasteiger partial charge < -0.3 is 13.7 Å². The molecule has 14 heteroatoms. The molecule has 1 N–H and O–H groups in total. The van der Waals surface area contributed by atoms with Crippen molar-refractivity contribution in [3.8, 4) is 11.5 Å². The van der Waals surface area contributed by atoms with Crippen LogP contribution in [-0.4, -0.2) is 51.7 Å². The standard InChI is InChI=1S/C26H26F4O8S2/c1-2-19-5-8-22-18-24(12-9-21(22)17-19)37-15-4-3-14-36-16-13-20-6-10-23(11-7-20)38-40(34,35)26(29,30)25(27,28)39(31,32)33/h2,5-12,17-18H,1,3-4,13-16H2,(H,31,32,33). The molecular weight excluding hydrogens is 580 g/mol. The zero-order chi connectivity index (χ0) is 29.6. The first-order valence-electron chi connectivity index (χ1n) is 11.8. The predicted molar refractivity (Wildman–Crippen MR) is 141 cm³/mol. The molecule has 0 bridgehead atoms. The van der Waals surface area contributed by atoms with Gasteiger partial charge in [0.05, 0.1) is 13.2 Å². The minimum Gasteiger partial charge on any atom is -0.494 e. The van der Waals surface area contributed by atoms with E-state index < -0.39 is 36.5 Å². The molecule has 0 atom stereocenters. The number of halogens is 4. The number of ether oxygens (including phenoxy) is 2. The molecule has 218 valence electrons. The van der Waals surface area contributed by atoms with Gasteiger partial charge in [0.1, 0.15) is 11.5 Å². The number of hydrogen-bond acceptors (Lipinski definition) is 7. The minimum atomic E-state index is -6.75. The highest BCUT2D eigenvalue weighted by Crippen LogP contribution is 2.43. The Labute approximate surface area is 229 Å². The first-order chi connectivity index (χ1) is 18.7. The average molecular weight is 607 g/mol. The van der Waals surface area contributed by atoms with Gasteiger partial charge in [-0.15, -0.1) is 0 Å². The SMILES string of the molecule is C=Cc1ccc2cc(OCCCCOCCc3ccc(OS(=O)(=O)C(F)(F)C(F)(F)S(=O)(=O)O)cc3)ccc2c1. The molecule has 40 heavy (non-hydrogen) atoms. The van der Waals surface area contributed by atoms with Crippen LogP contribution >= 0.6 is 0 Å². The van der Waals surface area contributed by atoms with Crippen LogP contribution in [0.2, 0.25) is 0 Å². The van der Waals surface area contributed by atoms with Gasteiger partial charge in [-0.25, -0.2) is 0 Å². The van der Waals surface area contributed by atoms with Crippen molar-refractivity contribution in [2.24, 2.45) is 0 Å². The van der Waals surface area contributed by atoms with E-state index in [1.165, 1.54) is 12.1 Å². The van der Waals surface area contributed by atoms with Crippen LogP contribution in [0, 0.1) is 0 Å². The van der Waals surface area contributed by atoms with E-state index in [9.17, 15) is 34.4 Å². The molecule has 0 amide bonds. The molecule has 3 rings (SSSR count). The number of fused-ring (bicyclic) bond motifs is 1. The van der Waals surface area contributed by atoms with Crippen molar-refractivity contribution in [2.75, 3.05) is 19.8 Å². The van der Waals surface area contributed by atoms with Crippen LogP contribution in [0.1, 0.15) is 24.0 Å². The van der Waals surface area contributed by atoms with Gasteiger partial charge in [-0.3, -0.25) is 4.55 Å². The predicted octanol–water partition coefficient (Wildman–Crippen LogP) is 5.68. The van der Waals surface area contributed by atoms with Gasteiger partial charge in [0.15, 0.2) is 0 Å². The summed E-state index contributed by atoms with van der Waals surface area (Å²) in [5.41, 5.74) is 1.64. The van der Waals surface area contributed by atoms with E-state index in [1.54, 1.807) is 6.08 Å². The van der Waals surface area contributed by atoms with E-state index in [4.69, 9.17) is 14.0 Å². The van der Waals surface area contributed by atoms with E-state index >= 15 is 0 Å². The molecule has 0 heterocycles. The second-order valence-electron chi connectivity index (χ2n) is 8.58. The topological polar surface area (TPSA) is 116 Å². The lowest BCUT2D eigenvalue weighted by Crippen LogP contribution is -2.53. The smallest absolute Gasteiger partial charge is 0.460 e. The summed E-state index contributed by atoms with van der Waals surface area (Å²) >= 11 is 0. The second-order valence-corrected chi connectivity index (χ2v) is 11.6. The summed E-state index contributed by atoms with van der Waals surface area (Å²) in [6, 6.07) is 16.3. The quantitative estimate of drug-likeness (QED) is 0.102. The van der Waals surface area contributed by atoms with Crippen molar-refractivity contribution < 1.29 is 52.6 Å². The summed E-state index contributed by atoms with van der Waals surface area (Å²) in [6.45, 7) is 4.99. The maximum absolute atomic E-state index is 13.7. The Morgan fingerprint density at radius 2 is 1.38 bits per heavy atom. The van der Waals surface area contributed by atoms with Crippen molar-refractivity contribution in [2.45, 2.75) is 29.8 Å². The Morgan fingerprint density at radius 1 is 0.775 bits per heavy atom. The minimum absolute atomic E-state index is 0.287. The summed E-state index contributed by atoms with van der Waals surface area (Å²) in [4.78, 5) is 0. The molecule has 0 aromatic heterocycles. The first-order valence-corrected chi connectivity index (χ1v) is 14.7. The van der Waals surface area contributed by atoms with E-state index in [1.807, 2.05) is 36.4 Å². The number of unbranched alkanes of at least 4 members (excludes halogenated alkanes) is 1. The van der Waals surface area contributed by atoms with E-state index in [0.29, 0.717) is 25.2 Å². The fraction of sp³-hybridized carbons (Fsp3) is 0.308. The fourth-order valence-electron chi connectivity index (χ4n) is 3.43.